The topological polar surface area (TPSA) is 34.2 Å². The molecule has 22 heavy (non-hydrogen) atoms. The van der Waals surface area contributed by atoms with Crippen LogP contribution < -0.4 is 5.32 Å². The number of benzene rings is 1. The smallest absolute Gasteiger partial charge is 0.0948 e. The molecule has 0 bridgehead atoms. The third-order valence-electron chi connectivity index (χ3n) is 4.08. The van der Waals surface area contributed by atoms with Gasteiger partial charge in [-0.05, 0) is 26.7 Å². The first kappa shape index (κ1) is 15.7. The van der Waals surface area contributed by atoms with Crippen molar-refractivity contribution in [1.29, 1.82) is 0 Å². The van der Waals surface area contributed by atoms with Gasteiger partial charge < -0.3 is 10.1 Å². The molecule has 1 unspecified atom stereocenters. The Morgan fingerprint density at radius 3 is 2.82 bits per heavy atom. The van der Waals surface area contributed by atoms with Crippen molar-refractivity contribution in [2.24, 2.45) is 0 Å². The van der Waals surface area contributed by atoms with E-state index in [0.717, 1.165) is 31.8 Å². The Balaban J connectivity index is 1.54. The fourth-order valence-electron chi connectivity index (χ4n) is 2.80. The predicted molar refractivity (Wildman–Crippen MR) is 92.6 cm³/mol. The minimum Gasteiger partial charge on any atom is -0.377 e. The maximum atomic E-state index is 5.62. The summed E-state index contributed by atoms with van der Waals surface area (Å²) in [6.45, 7) is 7.15. The van der Waals surface area contributed by atoms with Gasteiger partial charge in [-0.2, -0.15) is 0 Å². The van der Waals surface area contributed by atoms with Crippen molar-refractivity contribution in [1.82, 2.24) is 10.3 Å². The lowest BCUT2D eigenvalue weighted by molar-refractivity contribution is 0.110. The molecule has 1 saturated heterocycles. The molecule has 1 atom stereocenters. The van der Waals surface area contributed by atoms with Crippen molar-refractivity contribution in [3.63, 3.8) is 0 Å². The third-order valence-corrected chi connectivity index (χ3v) is 5.11. The maximum Gasteiger partial charge on any atom is 0.0948 e. The fraction of sp³-hybridized carbons (Fsp3) is 0.500. The zero-order valence-electron chi connectivity index (χ0n) is 13.4. The van der Waals surface area contributed by atoms with Crippen LogP contribution in [0, 0.1) is 13.8 Å². The minimum absolute atomic E-state index is 0.418. The first-order valence-corrected chi connectivity index (χ1v) is 8.89. The zero-order valence-corrected chi connectivity index (χ0v) is 14.2. The summed E-state index contributed by atoms with van der Waals surface area (Å²) in [4.78, 5) is 6.13. The van der Waals surface area contributed by atoms with Crippen molar-refractivity contribution >= 4 is 11.3 Å². The Morgan fingerprint density at radius 2 is 2.09 bits per heavy atom. The second-order valence-electron chi connectivity index (χ2n) is 5.97. The average molecular weight is 316 g/mol. The molecule has 2 heterocycles. The summed E-state index contributed by atoms with van der Waals surface area (Å²) in [6, 6.07) is 8.63. The van der Waals surface area contributed by atoms with Crippen molar-refractivity contribution in [3.8, 4) is 11.3 Å². The summed E-state index contributed by atoms with van der Waals surface area (Å²) in [7, 11) is 0. The van der Waals surface area contributed by atoms with Crippen LogP contribution in [0.2, 0.25) is 0 Å². The number of ether oxygens (including phenoxy) is 1. The molecule has 3 nitrogen and oxygen atoms in total. The van der Waals surface area contributed by atoms with Gasteiger partial charge in [0.25, 0.3) is 0 Å². The highest BCUT2D eigenvalue weighted by Crippen LogP contribution is 2.27. The van der Waals surface area contributed by atoms with Gasteiger partial charge in [-0.3, -0.25) is 0 Å². The fourth-order valence-corrected chi connectivity index (χ4v) is 3.76. The van der Waals surface area contributed by atoms with Crippen LogP contribution >= 0.6 is 11.3 Å². The second kappa shape index (κ2) is 7.36. The summed E-state index contributed by atoms with van der Waals surface area (Å²) in [5.41, 5.74) is 3.65. The molecular weight excluding hydrogens is 292 g/mol. The van der Waals surface area contributed by atoms with E-state index in [1.54, 1.807) is 0 Å². The predicted octanol–water partition coefficient (Wildman–Crippen LogP) is 3.74. The van der Waals surface area contributed by atoms with Gasteiger partial charge >= 0.3 is 0 Å². The highest BCUT2D eigenvalue weighted by atomic mass is 32.1. The number of hydrogen-bond donors (Lipinski definition) is 1. The van der Waals surface area contributed by atoms with Crippen molar-refractivity contribution in [2.45, 2.75) is 39.2 Å². The van der Waals surface area contributed by atoms with Crippen LogP contribution in [0.1, 0.15) is 28.3 Å². The number of nitrogens with zero attached hydrogens (tertiary/aromatic N) is 1. The molecule has 1 aliphatic heterocycles. The number of rotatable bonds is 6. The van der Waals surface area contributed by atoms with Gasteiger partial charge in [0.15, 0.2) is 0 Å². The first-order valence-electron chi connectivity index (χ1n) is 8.08. The van der Waals surface area contributed by atoms with Gasteiger partial charge in [-0.1, -0.05) is 29.8 Å². The van der Waals surface area contributed by atoms with E-state index >= 15 is 0 Å². The van der Waals surface area contributed by atoms with Crippen LogP contribution in [-0.2, 0) is 11.2 Å². The Bertz CT molecular complexity index is 600. The van der Waals surface area contributed by atoms with Crippen LogP contribution in [0.5, 0.6) is 0 Å². The summed E-state index contributed by atoms with van der Waals surface area (Å²) in [6.07, 6.45) is 3.81. The molecule has 3 rings (SSSR count). The SMILES string of the molecule is Cc1ccc(-c2nc(CCNCC3CCCO3)sc2C)cc1. The summed E-state index contributed by atoms with van der Waals surface area (Å²) in [5, 5.41) is 4.71. The van der Waals surface area contributed by atoms with E-state index in [2.05, 4.69) is 43.4 Å². The Morgan fingerprint density at radius 1 is 1.27 bits per heavy atom. The lowest BCUT2D eigenvalue weighted by atomic mass is 10.1. The molecule has 1 N–H and O–H groups in total. The van der Waals surface area contributed by atoms with E-state index in [4.69, 9.17) is 9.72 Å². The molecule has 1 aromatic carbocycles. The first-order chi connectivity index (χ1) is 10.7. The van der Waals surface area contributed by atoms with Crippen LogP contribution in [0.25, 0.3) is 11.3 Å². The molecule has 0 amide bonds. The molecule has 1 fully saturated rings. The number of nitrogens with one attached hydrogen (secondary N) is 1. The van der Waals surface area contributed by atoms with E-state index in [-0.39, 0.29) is 0 Å². The van der Waals surface area contributed by atoms with Crippen molar-refractivity contribution < 1.29 is 4.74 Å². The van der Waals surface area contributed by atoms with Crippen LogP contribution in [-0.4, -0.2) is 30.8 Å². The number of hydrogen-bond acceptors (Lipinski definition) is 4. The Labute approximate surface area is 136 Å². The maximum absolute atomic E-state index is 5.62. The molecule has 118 valence electrons. The van der Waals surface area contributed by atoms with Gasteiger partial charge in [-0.25, -0.2) is 4.98 Å². The van der Waals surface area contributed by atoms with E-state index in [0.29, 0.717) is 6.10 Å². The molecule has 0 radical (unpaired) electrons. The summed E-state index contributed by atoms with van der Waals surface area (Å²) < 4.78 is 5.62. The van der Waals surface area contributed by atoms with Gasteiger partial charge in [0.05, 0.1) is 16.8 Å². The van der Waals surface area contributed by atoms with E-state index < -0.39 is 0 Å². The molecule has 1 aromatic heterocycles. The highest BCUT2D eigenvalue weighted by molar-refractivity contribution is 7.12. The van der Waals surface area contributed by atoms with Crippen LogP contribution in [0.4, 0.5) is 0 Å². The zero-order chi connectivity index (χ0) is 15.4. The lowest BCUT2D eigenvalue weighted by Gasteiger charge is -2.09. The van der Waals surface area contributed by atoms with Crippen LogP contribution in [0.15, 0.2) is 24.3 Å². The minimum atomic E-state index is 0.418. The summed E-state index contributed by atoms with van der Waals surface area (Å²) >= 11 is 1.81. The quantitative estimate of drug-likeness (QED) is 0.824. The number of aromatic nitrogens is 1. The van der Waals surface area contributed by atoms with Crippen molar-refractivity contribution in [3.05, 3.63) is 39.7 Å². The molecule has 2 aromatic rings. The average Bonchev–Trinajstić information content (AvgIpc) is 3.14. The molecule has 0 aliphatic carbocycles. The third kappa shape index (κ3) is 3.94. The van der Waals surface area contributed by atoms with Crippen LogP contribution in [0.3, 0.4) is 0 Å². The monoisotopic (exact) mass is 316 g/mol. The molecule has 0 spiro atoms. The number of thiazole rings is 1. The van der Waals surface area contributed by atoms with E-state index in [1.807, 2.05) is 11.3 Å². The summed E-state index contributed by atoms with van der Waals surface area (Å²) in [5.74, 6) is 0. The molecule has 4 heteroatoms. The molecule has 1 aliphatic rings. The van der Waals surface area contributed by atoms with Gasteiger partial charge in [0, 0.05) is 36.6 Å². The van der Waals surface area contributed by atoms with Gasteiger partial charge in [0.1, 0.15) is 0 Å². The second-order valence-corrected chi connectivity index (χ2v) is 7.26. The normalized spacial score (nSPS) is 18.0. The Kier molecular flexibility index (Phi) is 5.24. The lowest BCUT2D eigenvalue weighted by Crippen LogP contribution is -2.27. The van der Waals surface area contributed by atoms with E-state index in [1.165, 1.54) is 33.9 Å². The molecular formula is C18H24N2OS. The standard InChI is InChI=1S/C18H24N2OS/c1-13-5-7-15(8-6-13)18-14(2)22-17(20-18)9-10-19-12-16-4-3-11-21-16/h5-8,16,19H,3-4,9-12H2,1-2H3. The van der Waals surface area contributed by atoms with Gasteiger partial charge in [-0.15, -0.1) is 11.3 Å². The van der Waals surface area contributed by atoms with Gasteiger partial charge in [0.2, 0.25) is 0 Å². The highest BCUT2D eigenvalue weighted by Gasteiger charge is 2.14. The molecule has 0 saturated carbocycles. The van der Waals surface area contributed by atoms with Crippen molar-refractivity contribution in [2.75, 3.05) is 19.7 Å². The number of aryl methyl sites for hydroxylation is 2. The van der Waals surface area contributed by atoms with E-state index in [9.17, 15) is 0 Å². The Hall–Kier alpha value is -1.23. The largest absolute Gasteiger partial charge is 0.377 e.